The van der Waals surface area contributed by atoms with Gasteiger partial charge in [-0.3, -0.25) is 9.59 Å². The van der Waals surface area contributed by atoms with Gasteiger partial charge in [0.05, 0.1) is 6.61 Å². The molecule has 2 aliphatic heterocycles. The summed E-state index contributed by atoms with van der Waals surface area (Å²) in [4.78, 5) is 26.9. The van der Waals surface area contributed by atoms with Gasteiger partial charge in [0, 0.05) is 49.8 Å². The molecule has 2 amide bonds. The van der Waals surface area contributed by atoms with Crippen LogP contribution >= 0.6 is 11.6 Å². The van der Waals surface area contributed by atoms with Crippen molar-refractivity contribution in [3.05, 3.63) is 34.9 Å². The first-order valence-corrected chi connectivity index (χ1v) is 10.0. The van der Waals surface area contributed by atoms with Gasteiger partial charge in [-0.2, -0.15) is 0 Å². The Morgan fingerprint density at radius 3 is 2.97 bits per heavy atom. The van der Waals surface area contributed by atoms with E-state index >= 15 is 0 Å². The number of carbonyl (C=O) groups excluding carboxylic acids is 2. The number of ether oxygens (including phenoxy) is 1. The minimum Gasteiger partial charge on any atom is -0.383 e. The maximum absolute atomic E-state index is 13.5. The third-order valence-electron chi connectivity index (χ3n) is 5.45. The third-order valence-corrected chi connectivity index (χ3v) is 5.70. The number of nitrogens with one attached hydrogen (secondary N) is 2. The van der Waals surface area contributed by atoms with Crippen LogP contribution in [0.15, 0.2) is 28.8 Å². The van der Waals surface area contributed by atoms with Crippen LogP contribution < -0.4 is 10.6 Å². The Kier molecular flexibility index (Phi) is 5.73. The molecule has 2 atom stereocenters. The van der Waals surface area contributed by atoms with Crippen molar-refractivity contribution < 1.29 is 18.8 Å². The number of methoxy groups -OCH3 is 1. The number of anilines is 1. The molecule has 0 unspecified atom stereocenters. The van der Waals surface area contributed by atoms with Gasteiger partial charge in [0.25, 0.3) is 5.91 Å². The van der Waals surface area contributed by atoms with Gasteiger partial charge in [0.15, 0.2) is 11.6 Å². The van der Waals surface area contributed by atoms with Crippen molar-refractivity contribution in [1.29, 1.82) is 0 Å². The van der Waals surface area contributed by atoms with E-state index in [9.17, 15) is 9.59 Å². The molecule has 0 aliphatic carbocycles. The van der Waals surface area contributed by atoms with Crippen LogP contribution in [0, 0.1) is 5.92 Å². The first-order valence-electron chi connectivity index (χ1n) is 9.64. The van der Waals surface area contributed by atoms with Gasteiger partial charge in [-0.25, -0.2) is 0 Å². The highest BCUT2D eigenvalue weighted by Crippen LogP contribution is 2.33. The normalized spacial score (nSPS) is 21.0. The summed E-state index contributed by atoms with van der Waals surface area (Å²) in [6.07, 6.45) is 1.34. The van der Waals surface area contributed by atoms with E-state index in [-0.39, 0.29) is 17.9 Å². The molecule has 1 aromatic carbocycles. The summed E-state index contributed by atoms with van der Waals surface area (Å²) in [5.74, 6) is 0.960. The quantitative estimate of drug-likeness (QED) is 0.699. The maximum Gasteiger partial charge on any atom is 0.261 e. The second kappa shape index (κ2) is 8.42. The number of halogens is 1. The van der Waals surface area contributed by atoms with Gasteiger partial charge in [0.2, 0.25) is 5.91 Å². The van der Waals surface area contributed by atoms with Crippen LogP contribution in [0.3, 0.4) is 0 Å². The van der Waals surface area contributed by atoms with E-state index < -0.39 is 0 Å². The smallest absolute Gasteiger partial charge is 0.261 e. The Morgan fingerprint density at radius 2 is 2.21 bits per heavy atom. The standard InChI is InChI=1S/C20H23ClN4O4/c1-28-9-7-22-19-17(18(29-24-19)12-2-4-14(21)5-3-12)20(27)25-8-6-13-10-16(26)23-15(13)11-25/h2-5,13,15H,6-11H2,1H3,(H,22,24)(H,23,26)/t13-,15-/m1/s1. The number of hydrogen-bond donors (Lipinski definition) is 2. The van der Waals surface area contributed by atoms with Gasteiger partial charge in [0.1, 0.15) is 5.56 Å². The maximum atomic E-state index is 13.5. The molecule has 0 bridgehead atoms. The zero-order valence-corrected chi connectivity index (χ0v) is 16.9. The molecular weight excluding hydrogens is 396 g/mol. The summed E-state index contributed by atoms with van der Waals surface area (Å²) in [6.45, 7) is 2.04. The fraction of sp³-hybridized carbons (Fsp3) is 0.450. The van der Waals surface area contributed by atoms with Crippen molar-refractivity contribution in [1.82, 2.24) is 15.4 Å². The number of carbonyl (C=O) groups is 2. The van der Waals surface area contributed by atoms with Gasteiger partial charge in [-0.15, -0.1) is 0 Å². The minimum absolute atomic E-state index is 0.00365. The van der Waals surface area contributed by atoms with E-state index in [1.54, 1.807) is 36.3 Å². The Morgan fingerprint density at radius 1 is 1.41 bits per heavy atom. The van der Waals surface area contributed by atoms with Crippen LogP contribution in [0.2, 0.25) is 5.02 Å². The first-order chi connectivity index (χ1) is 14.1. The van der Waals surface area contributed by atoms with E-state index in [2.05, 4.69) is 15.8 Å². The summed E-state index contributed by atoms with van der Waals surface area (Å²) < 4.78 is 10.6. The molecule has 2 aliphatic rings. The lowest BCUT2D eigenvalue weighted by atomic mass is 9.92. The van der Waals surface area contributed by atoms with E-state index in [1.165, 1.54) is 0 Å². The van der Waals surface area contributed by atoms with Gasteiger partial charge >= 0.3 is 0 Å². The molecule has 0 spiro atoms. The van der Waals surface area contributed by atoms with E-state index in [1.807, 2.05) is 0 Å². The van der Waals surface area contributed by atoms with Crippen molar-refractivity contribution in [3.8, 4) is 11.3 Å². The lowest BCUT2D eigenvalue weighted by Gasteiger charge is -2.34. The zero-order chi connectivity index (χ0) is 20.4. The molecule has 3 heterocycles. The van der Waals surface area contributed by atoms with Crippen molar-refractivity contribution in [2.24, 2.45) is 5.92 Å². The molecule has 2 fully saturated rings. The molecule has 0 radical (unpaired) electrons. The number of hydrogen-bond acceptors (Lipinski definition) is 6. The predicted molar refractivity (Wildman–Crippen MR) is 108 cm³/mol. The fourth-order valence-electron chi connectivity index (χ4n) is 3.93. The third kappa shape index (κ3) is 4.09. The van der Waals surface area contributed by atoms with Crippen LogP contribution in [-0.2, 0) is 9.53 Å². The number of amides is 2. The van der Waals surface area contributed by atoms with Gasteiger partial charge < -0.3 is 24.8 Å². The van der Waals surface area contributed by atoms with Gasteiger partial charge in [-0.05, 0) is 36.6 Å². The average molecular weight is 419 g/mol. The Labute approximate surface area is 173 Å². The summed E-state index contributed by atoms with van der Waals surface area (Å²) in [6, 6.07) is 7.07. The molecular formula is C20H23ClN4O4. The summed E-state index contributed by atoms with van der Waals surface area (Å²) in [5, 5.41) is 10.8. The summed E-state index contributed by atoms with van der Waals surface area (Å²) in [7, 11) is 1.61. The van der Waals surface area contributed by atoms with Gasteiger partial charge in [-0.1, -0.05) is 16.8 Å². The van der Waals surface area contributed by atoms with E-state index in [0.717, 1.165) is 6.42 Å². The monoisotopic (exact) mass is 418 g/mol. The molecule has 2 N–H and O–H groups in total. The highest BCUT2D eigenvalue weighted by Gasteiger charge is 2.39. The number of nitrogens with zero attached hydrogens (tertiary/aromatic N) is 2. The number of fused-ring (bicyclic) bond motifs is 1. The summed E-state index contributed by atoms with van der Waals surface area (Å²) >= 11 is 5.99. The number of piperidine rings is 1. The summed E-state index contributed by atoms with van der Waals surface area (Å²) in [5.41, 5.74) is 1.10. The number of benzene rings is 1. The topological polar surface area (TPSA) is 96.7 Å². The molecule has 8 nitrogen and oxygen atoms in total. The Bertz CT molecular complexity index is 898. The zero-order valence-electron chi connectivity index (χ0n) is 16.1. The molecule has 9 heteroatoms. The molecule has 1 aromatic heterocycles. The lowest BCUT2D eigenvalue weighted by molar-refractivity contribution is -0.119. The van der Waals surface area contributed by atoms with Crippen LogP contribution in [0.4, 0.5) is 5.82 Å². The highest BCUT2D eigenvalue weighted by molar-refractivity contribution is 6.30. The number of rotatable bonds is 6. The van der Waals surface area contributed by atoms with Crippen LogP contribution in [0.25, 0.3) is 11.3 Å². The first kappa shape index (κ1) is 19.7. The fourth-order valence-corrected chi connectivity index (χ4v) is 4.06. The molecule has 2 saturated heterocycles. The predicted octanol–water partition coefficient (Wildman–Crippen LogP) is 2.40. The second-order valence-corrected chi connectivity index (χ2v) is 7.78. The molecule has 0 saturated carbocycles. The van der Waals surface area contributed by atoms with Crippen LogP contribution in [-0.4, -0.2) is 61.3 Å². The average Bonchev–Trinajstić information content (AvgIpc) is 3.30. The van der Waals surface area contributed by atoms with Crippen molar-refractivity contribution in [2.75, 3.05) is 38.7 Å². The highest BCUT2D eigenvalue weighted by atomic mass is 35.5. The Balaban J connectivity index is 1.62. The molecule has 154 valence electrons. The van der Waals surface area contributed by atoms with E-state index in [0.29, 0.717) is 66.3 Å². The van der Waals surface area contributed by atoms with Crippen LogP contribution in [0.5, 0.6) is 0 Å². The molecule has 4 rings (SSSR count). The van der Waals surface area contributed by atoms with E-state index in [4.69, 9.17) is 20.9 Å². The minimum atomic E-state index is -0.171. The number of likely N-dealkylation sites (tertiary alicyclic amines) is 1. The lowest BCUT2D eigenvalue weighted by Crippen LogP contribution is -2.49. The largest absolute Gasteiger partial charge is 0.383 e. The Hall–Kier alpha value is -2.58. The van der Waals surface area contributed by atoms with Crippen molar-refractivity contribution in [3.63, 3.8) is 0 Å². The van der Waals surface area contributed by atoms with Crippen molar-refractivity contribution >= 4 is 29.2 Å². The molecule has 2 aromatic rings. The SMILES string of the molecule is COCCNc1noc(-c2ccc(Cl)cc2)c1C(=O)N1CC[C@@H]2CC(=O)N[C@@H]2C1. The van der Waals surface area contributed by atoms with Crippen LogP contribution in [0.1, 0.15) is 23.2 Å². The van der Waals surface area contributed by atoms with Crippen molar-refractivity contribution in [2.45, 2.75) is 18.9 Å². The number of aromatic nitrogens is 1. The second-order valence-electron chi connectivity index (χ2n) is 7.34. The molecule has 29 heavy (non-hydrogen) atoms.